The molecule has 8 nitrogen and oxygen atoms in total. The zero-order chi connectivity index (χ0) is 21.9. The molecular weight excluding hydrogens is 426 g/mol. The number of benzene rings is 2. The highest BCUT2D eigenvalue weighted by Gasteiger charge is 2.28. The summed E-state index contributed by atoms with van der Waals surface area (Å²) in [4.78, 5) is 14.8. The normalized spacial score (nSPS) is 16.3. The molecule has 0 bridgehead atoms. The van der Waals surface area contributed by atoms with Gasteiger partial charge in [-0.15, -0.1) is 0 Å². The Balaban J connectivity index is 1.85. The molecule has 1 amide bonds. The van der Waals surface area contributed by atoms with Crippen molar-refractivity contribution in [2.45, 2.75) is 16.7 Å². The van der Waals surface area contributed by atoms with Crippen molar-refractivity contribution in [3.8, 4) is 0 Å². The van der Waals surface area contributed by atoms with Crippen LogP contribution in [0.2, 0.25) is 0 Å². The van der Waals surface area contributed by atoms with E-state index in [4.69, 9.17) is 0 Å². The van der Waals surface area contributed by atoms with Crippen LogP contribution in [0.15, 0.2) is 58.3 Å². The molecule has 1 fully saturated rings. The number of carbonyl (C=O) groups excluding carboxylic acids is 1. The third kappa shape index (κ3) is 4.72. The van der Waals surface area contributed by atoms with Gasteiger partial charge >= 0.3 is 0 Å². The minimum atomic E-state index is -3.68. The van der Waals surface area contributed by atoms with Gasteiger partial charge in [-0.3, -0.25) is 4.79 Å². The van der Waals surface area contributed by atoms with E-state index in [-0.39, 0.29) is 26.8 Å². The predicted octanol–water partition coefficient (Wildman–Crippen LogP) is 1.67. The van der Waals surface area contributed by atoms with Crippen molar-refractivity contribution in [1.29, 1.82) is 0 Å². The number of nitrogens with zero attached hydrogens (tertiary/aromatic N) is 2. The number of carbonyl (C=O) groups is 1. The van der Waals surface area contributed by atoms with Crippen LogP contribution in [0.25, 0.3) is 0 Å². The van der Waals surface area contributed by atoms with E-state index in [9.17, 15) is 21.6 Å². The Morgan fingerprint density at radius 2 is 1.63 bits per heavy atom. The minimum absolute atomic E-state index is 0.0201. The number of rotatable bonds is 6. The molecule has 10 heteroatoms. The SMILES string of the molecule is CCS(=O)(=O)c1ccccc1C(=O)Nc1cccc(S(=O)(=O)N2CCN(C)CC2)c1. The van der Waals surface area contributed by atoms with Crippen LogP contribution < -0.4 is 5.32 Å². The number of anilines is 1. The van der Waals surface area contributed by atoms with Crippen molar-refractivity contribution in [2.75, 3.05) is 44.3 Å². The van der Waals surface area contributed by atoms with Crippen molar-refractivity contribution >= 4 is 31.5 Å². The third-order valence-electron chi connectivity index (χ3n) is 5.04. The van der Waals surface area contributed by atoms with Crippen molar-refractivity contribution in [3.05, 3.63) is 54.1 Å². The van der Waals surface area contributed by atoms with Crippen LogP contribution in [-0.4, -0.2) is 70.9 Å². The second kappa shape index (κ2) is 8.84. The monoisotopic (exact) mass is 451 g/mol. The van der Waals surface area contributed by atoms with E-state index in [1.165, 1.54) is 35.5 Å². The van der Waals surface area contributed by atoms with Gasteiger partial charge in [-0.1, -0.05) is 25.1 Å². The second-order valence-electron chi connectivity index (χ2n) is 7.09. The van der Waals surface area contributed by atoms with Gasteiger partial charge in [0.1, 0.15) is 0 Å². The van der Waals surface area contributed by atoms with Gasteiger partial charge in [-0.2, -0.15) is 4.31 Å². The zero-order valence-corrected chi connectivity index (χ0v) is 18.5. The van der Waals surface area contributed by atoms with Gasteiger partial charge < -0.3 is 10.2 Å². The standard InChI is InChI=1S/C20H25N3O5S2/c1-3-29(25,26)19-10-5-4-9-18(19)20(24)21-16-7-6-8-17(15-16)30(27,28)23-13-11-22(2)12-14-23/h4-10,15H,3,11-14H2,1-2H3,(H,21,24). The lowest BCUT2D eigenvalue weighted by atomic mass is 10.2. The summed E-state index contributed by atoms with van der Waals surface area (Å²) in [5.74, 6) is -0.743. The van der Waals surface area contributed by atoms with Gasteiger partial charge in [-0.25, -0.2) is 16.8 Å². The fourth-order valence-corrected chi connectivity index (χ4v) is 5.75. The summed E-state index contributed by atoms with van der Waals surface area (Å²) in [6.45, 7) is 3.61. The topological polar surface area (TPSA) is 104 Å². The molecule has 1 heterocycles. The summed E-state index contributed by atoms with van der Waals surface area (Å²) in [7, 11) is -5.33. The van der Waals surface area contributed by atoms with Crippen LogP contribution in [0.5, 0.6) is 0 Å². The Bertz CT molecular complexity index is 1140. The van der Waals surface area contributed by atoms with Crippen molar-refractivity contribution < 1.29 is 21.6 Å². The van der Waals surface area contributed by atoms with E-state index < -0.39 is 25.8 Å². The molecule has 0 saturated carbocycles. The lowest BCUT2D eigenvalue weighted by Gasteiger charge is -2.31. The van der Waals surface area contributed by atoms with Crippen LogP contribution >= 0.6 is 0 Å². The van der Waals surface area contributed by atoms with E-state index in [0.29, 0.717) is 26.2 Å². The first kappa shape index (κ1) is 22.4. The number of nitrogens with one attached hydrogen (secondary N) is 1. The highest BCUT2D eigenvalue weighted by atomic mass is 32.2. The first-order valence-corrected chi connectivity index (χ1v) is 12.7. The Labute approximate surface area is 177 Å². The quantitative estimate of drug-likeness (QED) is 0.717. The number of sulfonamides is 1. The summed E-state index contributed by atoms with van der Waals surface area (Å²) in [5, 5.41) is 2.62. The molecule has 1 saturated heterocycles. The molecule has 0 unspecified atom stereocenters. The minimum Gasteiger partial charge on any atom is -0.322 e. The first-order chi connectivity index (χ1) is 14.1. The Kier molecular flexibility index (Phi) is 6.61. The molecule has 1 N–H and O–H groups in total. The molecule has 30 heavy (non-hydrogen) atoms. The fourth-order valence-electron chi connectivity index (χ4n) is 3.19. The number of hydrogen-bond acceptors (Lipinski definition) is 6. The molecule has 3 rings (SSSR count). The molecule has 162 valence electrons. The van der Waals surface area contributed by atoms with Crippen molar-refractivity contribution in [3.63, 3.8) is 0 Å². The van der Waals surface area contributed by atoms with E-state index in [1.54, 1.807) is 24.3 Å². The smallest absolute Gasteiger partial charge is 0.256 e. The lowest BCUT2D eigenvalue weighted by Crippen LogP contribution is -2.47. The first-order valence-electron chi connectivity index (χ1n) is 9.57. The average Bonchev–Trinajstić information content (AvgIpc) is 2.74. The van der Waals surface area contributed by atoms with Crippen LogP contribution in [0.3, 0.4) is 0 Å². The number of sulfone groups is 1. The number of likely N-dealkylation sites (N-methyl/N-ethyl adjacent to an activating group) is 1. The van der Waals surface area contributed by atoms with Gasteiger partial charge in [0, 0.05) is 31.9 Å². The molecular formula is C20H25N3O5S2. The largest absolute Gasteiger partial charge is 0.322 e. The van der Waals surface area contributed by atoms with E-state index in [1.807, 2.05) is 7.05 Å². The van der Waals surface area contributed by atoms with Gasteiger partial charge in [0.15, 0.2) is 9.84 Å². The van der Waals surface area contributed by atoms with Gasteiger partial charge in [0.2, 0.25) is 10.0 Å². The average molecular weight is 452 g/mol. The van der Waals surface area contributed by atoms with Crippen molar-refractivity contribution in [2.24, 2.45) is 0 Å². The van der Waals surface area contributed by atoms with E-state index in [0.717, 1.165) is 0 Å². The van der Waals surface area contributed by atoms with Crippen LogP contribution in [-0.2, 0) is 19.9 Å². The fraction of sp³-hybridized carbons (Fsp3) is 0.350. The maximum Gasteiger partial charge on any atom is 0.256 e. The summed E-state index contributed by atoms with van der Waals surface area (Å²) < 4.78 is 51.9. The summed E-state index contributed by atoms with van der Waals surface area (Å²) >= 11 is 0. The highest BCUT2D eigenvalue weighted by molar-refractivity contribution is 7.91. The number of amides is 1. The molecule has 2 aromatic carbocycles. The molecule has 0 spiro atoms. The van der Waals surface area contributed by atoms with E-state index in [2.05, 4.69) is 10.2 Å². The van der Waals surface area contributed by atoms with Gasteiger partial charge in [0.05, 0.1) is 21.1 Å². The summed E-state index contributed by atoms with van der Waals surface area (Å²) in [6.07, 6.45) is 0. The Morgan fingerprint density at radius 3 is 2.30 bits per heavy atom. The summed E-state index contributed by atoms with van der Waals surface area (Å²) in [6, 6.07) is 12.0. The van der Waals surface area contributed by atoms with Crippen LogP contribution in [0, 0.1) is 0 Å². The van der Waals surface area contributed by atoms with E-state index >= 15 is 0 Å². The molecule has 1 aliphatic rings. The van der Waals surface area contributed by atoms with Gasteiger partial charge in [-0.05, 0) is 37.4 Å². The lowest BCUT2D eigenvalue weighted by molar-refractivity contribution is 0.102. The number of hydrogen-bond donors (Lipinski definition) is 1. The Morgan fingerprint density at radius 1 is 0.967 bits per heavy atom. The highest BCUT2D eigenvalue weighted by Crippen LogP contribution is 2.23. The zero-order valence-electron chi connectivity index (χ0n) is 16.9. The van der Waals surface area contributed by atoms with Crippen LogP contribution in [0.1, 0.15) is 17.3 Å². The summed E-state index contributed by atoms with van der Waals surface area (Å²) in [5.41, 5.74) is 0.297. The molecule has 0 aliphatic carbocycles. The Hall–Kier alpha value is -2.27. The molecule has 2 aromatic rings. The molecule has 0 aromatic heterocycles. The molecule has 1 aliphatic heterocycles. The van der Waals surface area contributed by atoms with Gasteiger partial charge in [0.25, 0.3) is 5.91 Å². The second-order valence-corrected chi connectivity index (χ2v) is 11.3. The number of piperazine rings is 1. The van der Waals surface area contributed by atoms with Crippen LogP contribution in [0.4, 0.5) is 5.69 Å². The maximum absolute atomic E-state index is 12.9. The third-order valence-corrected chi connectivity index (χ3v) is 8.72. The molecule has 0 radical (unpaired) electrons. The predicted molar refractivity (Wildman–Crippen MR) is 115 cm³/mol. The molecule has 0 atom stereocenters. The maximum atomic E-state index is 12.9. The van der Waals surface area contributed by atoms with Crippen molar-refractivity contribution in [1.82, 2.24) is 9.21 Å².